The lowest BCUT2D eigenvalue weighted by molar-refractivity contribution is 0.102. The minimum Gasteiger partial charge on any atom is -0.321 e. The molecule has 0 aliphatic carbocycles. The van der Waals surface area contributed by atoms with Crippen LogP contribution < -0.4 is 5.32 Å². The van der Waals surface area contributed by atoms with Crippen LogP contribution in [0.15, 0.2) is 70.5 Å². The zero-order valence-corrected chi connectivity index (χ0v) is 14.4. The van der Waals surface area contributed by atoms with E-state index in [0.717, 1.165) is 3.79 Å². The van der Waals surface area contributed by atoms with Gasteiger partial charge in [-0.15, -0.1) is 11.3 Å². The second kappa shape index (κ2) is 6.89. The maximum atomic E-state index is 12.4. The molecule has 3 nitrogen and oxygen atoms in total. The topological polar surface area (TPSA) is 46.2 Å². The van der Waals surface area contributed by atoms with Crippen LogP contribution in [0, 0.1) is 0 Å². The van der Waals surface area contributed by atoms with Gasteiger partial charge in [0.25, 0.3) is 5.91 Å². The predicted octanol–water partition coefficient (Wildman–Crippen LogP) is 4.99. The quantitative estimate of drug-likeness (QED) is 0.642. The summed E-state index contributed by atoms with van der Waals surface area (Å²) in [5.74, 6) is -0.259. The molecule has 1 amide bonds. The third-order valence-electron chi connectivity index (χ3n) is 3.22. The highest BCUT2D eigenvalue weighted by Gasteiger charge is 2.12. The van der Waals surface area contributed by atoms with E-state index < -0.39 is 0 Å². The Kier molecular flexibility index (Phi) is 4.69. The number of carbonyl (C=O) groups is 2. The standard InChI is InChI=1S/C18H12BrNO2S/c19-16-10-9-15(23-16)18(22)20-14-8-4-7-13(11-14)17(21)12-5-2-1-3-6-12/h1-11H,(H,20,22). The number of hydrogen-bond donors (Lipinski definition) is 1. The van der Waals surface area contributed by atoms with E-state index in [1.165, 1.54) is 11.3 Å². The fourth-order valence-corrected chi connectivity index (χ4v) is 3.40. The summed E-state index contributed by atoms with van der Waals surface area (Å²) in [5.41, 5.74) is 1.76. The first-order valence-electron chi connectivity index (χ1n) is 6.90. The van der Waals surface area contributed by atoms with Gasteiger partial charge in [0.15, 0.2) is 5.78 Å². The highest BCUT2D eigenvalue weighted by molar-refractivity contribution is 9.11. The minimum atomic E-state index is -0.190. The van der Waals surface area contributed by atoms with Gasteiger partial charge in [0, 0.05) is 16.8 Å². The number of benzene rings is 2. The van der Waals surface area contributed by atoms with E-state index in [0.29, 0.717) is 21.7 Å². The van der Waals surface area contributed by atoms with E-state index in [1.54, 1.807) is 42.5 Å². The van der Waals surface area contributed by atoms with Crippen molar-refractivity contribution >= 4 is 44.6 Å². The lowest BCUT2D eigenvalue weighted by atomic mass is 10.0. The summed E-state index contributed by atoms with van der Waals surface area (Å²) in [6, 6.07) is 19.6. The Morgan fingerprint density at radius 2 is 1.61 bits per heavy atom. The number of carbonyl (C=O) groups excluding carboxylic acids is 2. The highest BCUT2D eigenvalue weighted by Crippen LogP contribution is 2.23. The molecule has 0 saturated carbocycles. The molecule has 0 saturated heterocycles. The second-order valence-electron chi connectivity index (χ2n) is 4.83. The third kappa shape index (κ3) is 3.75. The molecule has 1 aromatic heterocycles. The fraction of sp³-hybridized carbons (Fsp3) is 0. The Morgan fingerprint density at radius 3 is 2.30 bits per heavy atom. The molecule has 2 aromatic carbocycles. The number of hydrogen-bond acceptors (Lipinski definition) is 3. The Hall–Kier alpha value is -2.24. The normalized spacial score (nSPS) is 10.3. The number of ketones is 1. The Morgan fingerprint density at radius 1 is 0.870 bits per heavy atom. The van der Waals surface area contributed by atoms with Crippen molar-refractivity contribution in [2.24, 2.45) is 0 Å². The molecule has 0 aliphatic rings. The van der Waals surface area contributed by atoms with Gasteiger partial charge in [-0.05, 0) is 40.2 Å². The van der Waals surface area contributed by atoms with Crippen LogP contribution in [-0.4, -0.2) is 11.7 Å². The second-order valence-corrected chi connectivity index (χ2v) is 7.30. The molecule has 23 heavy (non-hydrogen) atoms. The zero-order valence-electron chi connectivity index (χ0n) is 12.0. The Bertz CT molecular complexity index is 858. The number of nitrogens with one attached hydrogen (secondary N) is 1. The van der Waals surface area contributed by atoms with Gasteiger partial charge in [0.2, 0.25) is 0 Å². The molecule has 1 heterocycles. The van der Waals surface area contributed by atoms with Crippen LogP contribution in [0.1, 0.15) is 25.6 Å². The first-order valence-corrected chi connectivity index (χ1v) is 8.51. The lowest BCUT2D eigenvalue weighted by Crippen LogP contribution is -2.11. The van der Waals surface area contributed by atoms with Crippen LogP contribution in [0.3, 0.4) is 0 Å². The third-order valence-corrected chi connectivity index (χ3v) is 4.84. The van der Waals surface area contributed by atoms with E-state index >= 15 is 0 Å². The van der Waals surface area contributed by atoms with Crippen LogP contribution in [0.2, 0.25) is 0 Å². The van der Waals surface area contributed by atoms with Crippen LogP contribution in [0.25, 0.3) is 0 Å². The summed E-state index contributed by atoms with van der Waals surface area (Å²) >= 11 is 4.70. The van der Waals surface area contributed by atoms with Gasteiger partial charge < -0.3 is 5.32 Å². The first-order chi connectivity index (χ1) is 11.1. The van der Waals surface area contributed by atoms with Crippen LogP contribution in [-0.2, 0) is 0 Å². The van der Waals surface area contributed by atoms with E-state index in [9.17, 15) is 9.59 Å². The van der Waals surface area contributed by atoms with Gasteiger partial charge in [-0.3, -0.25) is 9.59 Å². The van der Waals surface area contributed by atoms with Crippen LogP contribution in [0.5, 0.6) is 0 Å². The molecule has 5 heteroatoms. The first kappa shape index (κ1) is 15.6. The SMILES string of the molecule is O=C(c1ccccc1)c1cccc(NC(=O)c2ccc(Br)s2)c1. The van der Waals surface area contributed by atoms with Crippen molar-refractivity contribution in [3.63, 3.8) is 0 Å². The average Bonchev–Trinajstić information content (AvgIpc) is 3.02. The molecule has 0 atom stereocenters. The summed E-state index contributed by atoms with van der Waals surface area (Å²) in [6.07, 6.45) is 0. The molecule has 0 spiro atoms. The molecular weight excluding hydrogens is 374 g/mol. The summed E-state index contributed by atoms with van der Waals surface area (Å²) in [6.45, 7) is 0. The summed E-state index contributed by atoms with van der Waals surface area (Å²) in [4.78, 5) is 25.2. The average molecular weight is 386 g/mol. The molecule has 114 valence electrons. The predicted molar refractivity (Wildman–Crippen MR) is 96.3 cm³/mol. The van der Waals surface area contributed by atoms with Gasteiger partial charge in [-0.2, -0.15) is 0 Å². The number of rotatable bonds is 4. The van der Waals surface area contributed by atoms with Gasteiger partial charge in [0.05, 0.1) is 8.66 Å². The molecule has 0 aliphatic heterocycles. The van der Waals surface area contributed by atoms with Crippen molar-refractivity contribution in [3.05, 3.63) is 86.5 Å². The van der Waals surface area contributed by atoms with Crippen molar-refractivity contribution in [2.75, 3.05) is 5.32 Å². The molecule has 3 aromatic rings. The molecule has 0 radical (unpaired) electrons. The molecule has 0 fully saturated rings. The van der Waals surface area contributed by atoms with E-state index in [1.807, 2.05) is 24.3 Å². The van der Waals surface area contributed by atoms with Crippen LogP contribution in [0.4, 0.5) is 5.69 Å². The van der Waals surface area contributed by atoms with E-state index in [2.05, 4.69) is 21.2 Å². The molecule has 1 N–H and O–H groups in total. The van der Waals surface area contributed by atoms with Crippen molar-refractivity contribution in [2.45, 2.75) is 0 Å². The maximum absolute atomic E-state index is 12.4. The van der Waals surface area contributed by atoms with Gasteiger partial charge >= 0.3 is 0 Å². The lowest BCUT2D eigenvalue weighted by Gasteiger charge is -2.06. The Balaban J connectivity index is 1.80. The number of thiophene rings is 1. The Labute approximate surface area is 146 Å². The van der Waals surface area contributed by atoms with Gasteiger partial charge in [0.1, 0.15) is 0 Å². The number of amides is 1. The summed E-state index contributed by atoms with van der Waals surface area (Å²) in [5, 5.41) is 2.82. The summed E-state index contributed by atoms with van der Waals surface area (Å²) in [7, 11) is 0. The van der Waals surface area contributed by atoms with Crippen molar-refractivity contribution < 1.29 is 9.59 Å². The van der Waals surface area contributed by atoms with Crippen molar-refractivity contribution in [3.8, 4) is 0 Å². The van der Waals surface area contributed by atoms with Crippen molar-refractivity contribution in [1.82, 2.24) is 0 Å². The minimum absolute atomic E-state index is 0.0689. The van der Waals surface area contributed by atoms with Gasteiger partial charge in [-0.1, -0.05) is 42.5 Å². The van der Waals surface area contributed by atoms with E-state index in [4.69, 9.17) is 0 Å². The molecule has 0 bridgehead atoms. The summed E-state index contributed by atoms with van der Waals surface area (Å²) < 4.78 is 0.899. The van der Waals surface area contributed by atoms with Crippen LogP contribution >= 0.6 is 27.3 Å². The van der Waals surface area contributed by atoms with Crippen molar-refractivity contribution in [1.29, 1.82) is 0 Å². The maximum Gasteiger partial charge on any atom is 0.265 e. The largest absolute Gasteiger partial charge is 0.321 e. The van der Waals surface area contributed by atoms with Gasteiger partial charge in [-0.25, -0.2) is 0 Å². The smallest absolute Gasteiger partial charge is 0.265 e. The van der Waals surface area contributed by atoms with E-state index in [-0.39, 0.29) is 11.7 Å². The zero-order chi connectivity index (χ0) is 16.2. The molecular formula is C18H12BrNO2S. The number of halogens is 1. The molecule has 3 rings (SSSR count). The molecule has 0 unspecified atom stereocenters. The highest BCUT2D eigenvalue weighted by atomic mass is 79.9. The fourth-order valence-electron chi connectivity index (χ4n) is 2.12. The monoisotopic (exact) mass is 385 g/mol. The number of anilines is 1.